The first kappa shape index (κ1) is 22.7. The van der Waals surface area contributed by atoms with Crippen LogP contribution in [-0.2, 0) is 5.41 Å². The van der Waals surface area contributed by atoms with Crippen molar-refractivity contribution >= 4 is 11.3 Å². The maximum atomic E-state index is 11.2. The van der Waals surface area contributed by atoms with E-state index in [1.807, 2.05) is 50.6 Å². The molecule has 176 valence electrons. The molecule has 0 aliphatic rings. The molecule has 0 atom stereocenters. The van der Waals surface area contributed by atoms with E-state index < -0.39 is 0 Å². The van der Waals surface area contributed by atoms with Gasteiger partial charge >= 0.3 is 0 Å². The highest BCUT2D eigenvalue weighted by Gasteiger charge is 2.27. The van der Waals surface area contributed by atoms with Gasteiger partial charge in [0, 0.05) is 42.5 Å². The summed E-state index contributed by atoms with van der Waals surface area (Å²) in [5.74, 6) is 0.152. The fourth-order valence-electron chi connectivity index (χ4n) is 4.35. The van der Waals surface area contributed by atoms with Crippen molar-refractivity contribution < 1.29 is 5.11 Å². The van der Waals surface area contributed by atoms with E-state index in [0.29, 0.717) is 11.3 Å². The largest absolute Gasteiger partial charge is 0.493 e. The van der Waals surface area contributed by atoms with E-state index in [1.165, 1.54) is 0 Å². The van der Waals surface area contributed by atoms with Gasteiger partial charge in [-0.05, 0) is 23.3 Å². The lowest BCUT2D eigenvalue weighted by atomic mass is 9.92. The van der Waals surface area contributed by atoms with E-state index >= 15 is 0 Å². The molecule has 5 rings (SSSR count). The zero-order chi connectivity index (χ0) is 24.7. The predicted molar refractivity (Wildman–Crippen MR) is 144 cm³/mol. The van der Waals surface area contributed by atoms with Crippen LogP contribution in [0.1, 0.15) is 26.5 Å². The third-order valence-electron chi connectivity index (χ3n) is 6.24. The molecule has 1 N–H and O–H groups in total. The number of aromatic nitrogens is 3. The molecule has 5 aromatic rings. The molecular formula is C30H30N4O. The third-order valence-corrected chi connectivity index (χ3v) is 6.24. The average molecular weight is 463 g/mol. The number of imidazole rings is 1. The second-order valence-electron chi connectivity index (χ2n) is 10.1. The molecule has 2 heterocycles. The van der Waals surface area contributed by atoms with Gasteiger partial charge in [0.05, 0.1) is 5.69 Å². The Balaban J connectivity index is 1.81. The Labute approximate surface area is 206 Å². The zero-order valence-corrected chi connectivity index (χ0v) is 20.8. The summed E-state index contributed by atoms with van der Waals surface area (Å²) >= 11 is 0. The standard InChI is InChI=1S/C30H30N4O/c1-30(2,3)27-29(35)34-19-25(21-15-17-22(18-16-21)33(4)5)31-26(28(34)32-27)24-14-10-9-13-23(24)20-11-7-6-8-12-20/h6-19,35H,1-5H3. The van der Waals surface area contributed by atoms with Gasteiger partial charge in [0.25, 0.3) is 0 Å². The smallest absolute Gasteiger partial charge is 0.219 e. The summed E-state index contributed by atoms with van der Waals surface area (Å²) in [6.45, 7) is 6.17. The Morgan fingerprint density at radius 2 is 1.37 bits per heavy atom. The van der Waals surface area contributed by atoms with Crippen molar-refractivity contribution in [1.29, 1.82) is 0 Å². The number of aromatic hydroxyl groups is 1. The number of nitrogens with zero attached hydrogens (tertiary/aromatic N) is 4. The van der Waals surface area contributed by atoms with Crippen molar-refractivity contribution in [3.63, 3.8) is 0 Å². The van der Waals surface area contributed by atoms with Crippen LogP contribution in [-0.4, -0.2) is 33.6 Å². The molecule has 0 spiro atoms. The quantitative estimate of drug-likeness (QED) is 0.319. The summed E-state index contributed by atoms with van der Waals surface area (Å²) in [6.07, 6.45) is 1.88. The Bertz CT molecular complexity index is 1490. The lowest BCUT2D eigenvalue weighted by molar-refractivity contribution is 0.421. The number of hydrogen-bond donors (Lipinski definition) is 1. The zero-order valence-electron chi connectivity index (χ0n) is 20.8. The van der Waals surface area contributed by atoms with Crippen LogP contribution >= 0.6 is 0 Å². The first-order chi connectivity index (χ1) is 16.7. The lowest BCUT2D eigenvalue weighted by Gasteiger charge is -2.15. The monoisotopic (exact) mass is 462 g/mol. The molecule has 3 aromatic carbocycles. The van der Waals surface area contributed by atoms with Crippen LogP contribution in [0.25, 0.3) is 39.3 Å². The highest BCUT2D eigenvalue weighted by Crippen LogP contribution is 2.38. The van der Waals surface area contributed by atoms with Gasteiger partial charge < -0.3 is 10.0 Å². The highest BCUT2D eigenvalue weighted by molar-refractivity contribution is 5.88. The second kappa shape index (κ2) is 8.58. The van der Waals surface area contributed by atoms with Crippen molar-refractivity contribution in [1.82, 2.24) is 14.4 Å². The molecule has 0 aliphatic carbocycles. The summed E-state index contributed by atoms with van der Waals surface area (Å²) in [6, 6.07) is 26.8. The van der Waals surface area contributed by atoms with E-state index in [2.05, 4.69) is 74.2 Å². The molecule has 0 saturated heterocycles. The molecule has 5 heteroatoms. The van der Waals surface area contributed by atoms with Crippen molar-refractivity contribution in [3.05, 3.63) is 90.8 Å². The molecule has 0 radical (unpaired) electrons. The normalized spacial score (nSPS) is 11.7. The topological polar surface area (TPSA) is 53.7 Å². The third kappa shape index (κ3) is 4.14. The van der Waals surface area contributed by atoms with Gasteiger partial charge in [-0.15, -0.1) is 0 Å². The summed E-state index contributed by atoms with van der Waals surface area (Å²) in [5, 5.41) is 11.2. The SMILES string of the molecule is CN(C)c1ccc(-c2cn3c(O)c(C(C)(C)C)nc3c(-c3ccccc3-c3ccccc3)n2)cc1. The van der Waals surface area contributed by atoms with Crippen LogP contribution in [0.2, 0.25) is 0 Å². The molecule has 5 nitrogen and oxygen atoms in total. The van der Waals surface area contributed by atoms with Crippen LogP contribution < -0.4 is 4.90 Å². The molecule has 0 aliphatic heterocycles. The van der Waals surface area contributed by atoms with Gasteiger partial charge in [0.15, 0.2) is 5.65 Å². The van der Waals surface area contributed by atoms with Gasteiger partial charge in [-0.1, -0.05) is 87.5 Å². The Morgan fingerprint density at radius 1 is 0.743 bits per heavy atom. The van der Waals surface area contributed by atoms with E-state index in [9.17, 15) is 5.11 Å². The fraction of sp³-hybridized carbons (Fsp3) is 0.200. The maximum absolute atomic E-state index is 11.2. The van der Waals surface area contributed by atoms with E-state index in [0.717, 1.165) is 39.3 Å². The Kier molecular flexibility index (Phi) is 5.56. The van der Waals surface area contributed by atoms with Crippen LogP contribution in [0.3, 0.4) is 0 Å². The Morgan fingerprint density at radius 3 is 2.00 bits per heavy atom. The first-order valence-electron chi connectivity index (χ1n) is 11.8. The number of rotatable bonds is 4. The van der Waals surface area contributed by atoms with Gasteiger partial charge in [-0.2, -0.15) is 0 Å². The number of anilines is 1. The summed E-state index contributed by atoms with van der Waals surface area (Å²) in [7, 11) is 4.05. The first-order valence-corrected chi connectivity index (χ1v) is 11.8. The molecule has 35 heavy (non-hydrogen) atoms. The minimum absolute atomic E-state index is 0.152. The molecule has 0 unspecified atom stereocenters. The molecular weight excluding hydrogens is 432 g/mol. The van der Waals surface area contributed by atoms with Gasteiger partial charge in [0.1, 0.15) is 11.4 Å². The van der Waals surface area contributed by atoms with Gasteiger partial charge in [-0.25, -0.2) is 9.97 Å². The summed E-state index contributed by atoms with van der Waals surface area (Å²) in [5.41, 5.74) is 7.73. The number of hydrogen-bond acceptors (Lipinski definition) is 4. The van der Waals surface area contributed by atoms with Crippen molar-refractivity contribution in [2.24, 2.45) is 0 Å². The molecule has 0 bridgehead atoms. The molecule has 0 saturated carbocycles. The minimum Gasteiger partial charge on any atom is -0.493 e. The molecule has 0 fully saturated rings. The van der Waals surface area contributed by atoms with Crippen molar-refractivity contribution in [3.8, 4) is 39.5 Å². The molecule has 2 aromatic heterocycles. The van der Waals surface area contributed by atoms with Crippen LogP contribution in [0.15, 0.2) is 85.1 Å². The number of benzene rings is 3. The summed E-state index contributed by atoms with van der Waals surface area (Å²) < 4.78 is 1.78. The van der Waals surface area contributed by atoms with E-state index in [-0.39, 0.29) is 11.3 Å². The van der Waals surface area contributed by atoms with Crippen molar-refractivity contribution in [2.45, 2.75) is 26.2 Å². The van der Waals surface area contributed by atoms with Gasteiger partial charge in [0.2, 0.25) is 5.88 Å². The van der Waals surface area contributed by atoms with Gasteiger partial charge in [-0.3, -0.25) is 4.40 Å². The minimum atomic E-state index is -0.320. The second-order valence-corrected chi connectivity index (χ2v) is 10.1. The highest BCUT2D eigenvalue weighted by atomic mass is 16.3. The molecule has 0 amide bonds. The average Bonchev–Trinajstić information content (AvgIpc) is 3.21. The predicted octanol–water partition coefficient (Wildman–Crippen LogP) is 6.80. The fourth-order valence-corrected chi connectivity index (χ4v) is 4.35. The van der Waals surface area contributed by atoms with Crippen LogP contribution in [0.4, 0.5) is 5.69 Å². The van der Waals surface area contributed by atoms with E-state index in [4.69, 9.17) is 9.97 Å². The Hall–Kier alpha value is -4.12. The van der Waals surface area contributed by atoms with E-state index in [1.54, 1.807) is 4.40 Å². The maximum Gasteiger partial charge on any atom is 0.219 e. The lowest BCUT2D eigenvalue weighted by Crippen LogP contribution is -2.11. The van der Waals surface area contributed by atoms with Crippen molar-refractivity contribution in [2.75, 3.05) is 19.0 Å². The van der Waals surface area contributed by atoms with Crippen LogP contribution in [0.5, 0.6) is 5.88 Å². The summed E-state index contributed by atoms with van der Waals surface area (Å²) in [4.78, 5) is 12.1. The van der Waals surface area contributed by atoms with Crippen LogP contribution in [0, 0.1) is 0 Å². The number of fused-ring (bicyclic) bond motifs is 1.